The van der Waals surface area contributed by atoms with Crippen molar-refractivity contribution >= 4 is 5.97 Å². The van der Waals surface area contributed by atoms with Gasteiger partial charge in [0.2, 0.25) is 0 Å². The Morgan fingerprint density at radius 3 is 2.89 bits per heavy atom. The largest absolute Gasteiger partial charge is 0.460 e. The van der Waals surface area contributed by atoms with E-state index in [1.54, 1.807) is 0 Å². The fourth-order valence-electron chi connectivity index (χ4n) is 1.55. The Labute approximate surface area is 111 Å². The number of carbonyl (C=O) groups excluding carboxylic acids is 1. The Morgan fingerprint density at radius 2 is 2.21 bits per heavy atom. The number of rotatable bonds is 6. The highest BCUT2D eigenvalue weighted by Crippen LogP contribution is 2.04. The van der Waals surface area contributed by atoms with Crippen molar-refractivity contribution in [2.24, 2.45) is 0 Å². The van der Waals surface area contributed by atoms with E-state index in [0.29, 0.717) is 5.82 Å². The molecule has 0 radical (unpaired) electrons. The van der Waals surface area contributed by atoms with E-state index in [1.807, 2.05) is 37.3 Å². The lowest BCUT2D eigenvalue weighted by atomic mass is 10.2. The Hall–Kier alpha value is -2.21. The molecule has 0 bridgehead atoms. The average molecular weight is 260 g/mol. The van der Waals surface area contributed by atoms with Crippen LogP contribution in [0, 0.1) is 0 Å². The first-order chi connectivity index (χ1) is 9.25. The van der Waals surface area contributed by atoms with Gasteiger partial charge in [-0.05, 0) is 12.5 Å². The number of benzene rings is 1. The predicted octanol–water partition coefficient (Wildman–Crippen LogP) is 1.20. The summed E-state index contributed by atoms with van der Waals surface area (Å²) >= 11 is 0. The number of esters is 1. The van der Waals surface area contributed by atoms with E-state index < -0.39 is 0 Å². The van der Waals surface area contributed by atoms with Crippen molar-refractivity contribution in [2.75, 3.05) is 6.54 Å². The highest BCUT2D eigenvalue weighted by Gasteiger charge is 2.10. The Morgan fingerprint density at radius 1 is 1.42 bits per heavy atom. The maximum absolute atomic E-state index is 11.6. The van der Waals surface area contributed by atoms with Gasteiger partial charge in [0.05, 0.1) is 12.6 Å². The standard InChI is InChI=1S/C13H16N4O2/c1-10(13-15-9-16-17-13)14-7-12(18)19-8-11-5-3-2-4-6-11/h2-6,9-10,14H,7-8H2,1H3,(H,15,16,17). The lowest BCUT2D eigenvalue weighted by molar-refractivity contribution is -0.144. The van der Waals surface area contributed by atoms with Gasteiger partial charge in [-0.1, -0.05) is 30.3 Å². The Balaban J connectivity index is 1.70. The molecule has 2 N–H and O–H groups in total. The van der Waals surface area contributed by atoms with Crippen LogP contribution in [0.1, 0.15) is 24.4 Å². The van der Waals surface area contributed by atoms with Gasteiger partial charge in [-0.25, -0.2) is 0 Å². The molecule has 0 aliphatic heterocycles. The summed E-state index contributed by atoms with van der Waals surface area (Å²) in [5.41, 5.74) is 0.971. The Bertz CT molecular complexity index is 499. The topological polar surface area (TPSA) is 79.9 Å². The average Bonchev–Trinajstić information content (AvgIpc) is 2.98. The molecule has 1 unspecified atom stereocenters. The summed E-state index contributed by atoms with van der Waals surface area (Å²) < 4.78 is 5.15. The highest BCUT2D eigenvalue weighted by atomic mass is 16.5. The fraction of sp³-hybridized carbons (Fsp3) is 0.308. The van der Waals surface area contributed by atoms with Crippen LogP contribution in [0.3, 0.4) is 0 Å². The lowest BCUT2D eigenvalue weighted by Gasteiger charge is -2.10. The van der Waals surface area contributed by atoms with Crippen molar-refractivity contribution in [3.8, 4) is 0 Å². The van der Waals surface area contributed by atoms with Gasteiger partial charge < -0.3 is 9.72 Å². The number of nitrogens with one attached hydrogen (secondary N) is 2. The van der Waals surface area contributed by atoms with E-state index in [2.05, 4.69) is 20.5 Å². The van der Waals surface area contributed by atoms with Gasteiger partial charge in [-0.3, -0.25) is 10.1 Å². The van der Waals surface area contributed by atoms with Crippen LogP contribution in [-0.2, 0) is 16.1 Å². The van der Waals surface area contributed by atoms with Gasteiger partial charge in [0.1, 0.15) is 18.8 Å². The minimum absolute atomic E-state index is 0.0771. The van der Waals surface area contributed by atoms with Gasteiger partial charge in [-0.2, -0.15) is 0 Å². The summed E-state index contributed by atoms with van der Waals surface area (Å²) in [7, 11) is 0. The summed E-state index contributed by atoms with van der Waals surface area (Å²) in [5.74, 6) is 0.395. The lowest BCUT2D eigenvalue weighted by Crippen LogP contribution is -2.27. The second kappa shape index (κ2) is 6.65. The molecule has 0 spiro atoms. The van der Waals surface area contributed by atoms with Crippen LogP contribution in [0.5, 0.6) is 0 Å². The molecule has 2 aromatic rings. The molecule has 1 aromatic heterocycles. The number of ether oxygens (including phenoxy) is 1. The third-order valence-electron chi connectivity index (χ3n) is 2.64. The number of H-pyrrole nitrogens is 1. The van der Waals surface area contributed by atoms with Crippen LogP contribution in [0.2, 0.25) is 0 Å². The van der Waals surface area contributed by atoms with Crippen molar-refractivity contribution in [1.29, 1.82) is 0 Å². The van der Waals surface area contributed by atoms with Gasteiger partial charge >= 0.3 is 5.97 Å². The van der Waals surface area contributed by atoms with E-state index in [0.717, 1.165) is 5.56 Å². The van der Waals surface area contributed by atoms with Crippen LogP contribution < -0.4 is 5.32 Å². The summed E-state index contributed by atoms with van der Waals surface area (Å²) in [6, 6.07) is 9.49. The summed E-state index contributed by atoms with van der Waals surface area (Å²) in [4.78, 5) is 14.4. The highest BCUT2D eigenvalue weighted by molar-refractivity contribution is 5.71. The fourth-order valence-corrected chi connectivity index (χ4v) is 1.55. The molecule has 0 saturated carbocycles. The molecular weight excluding hydrogens is 244 g/mol. The number of aromatic amines is 1. The predicted molar refractivity (Wildman–Crippen MR) is 69.0 cm³/mol. The molecule has 0 fully saturated rings. The third kappa shape index (κ3) is 4.18. The van der Waals surface area contributed by atoms with Crippen LogP contribution >= 0.6 is 0 Å². The van der Waals surface area contributed by atoms with Crippen LogP contribution in [-0.4, -0.2) is 27.7 Å². The first kappa shape index (κ1) is 13.2. The molecule has 0 aliphatic rings. The molecular formula is C13H16N4O2. The zero-order valence-electron chi connectivity index (χ0n) is 10.7. The molecule has 100 valence electrons. The number of aromatic nitrogens is 3. The minimum atomic E-state index is -0.296. The van der Waals surface area contributed by atoms with Gasteiger partial charge in [0.25, 0.3) is 0 Å². The van der Waals surface area contributed by atoms with Crippen molar-refractivity contribution in [1.82, 2.24) is 20.5 Å². The maximum atomic E-state index is 11.6. The molecule has 1 atom stereocenters. The number of carbonyl (C=O) groups is 1. The van der Waals surface area contributed by atoms with Crippen molar-refractivity contribution in [2.45, 2.75) is 19.6 Å². The molecule has 0 aliphatic carbocycles. The van der Waals surface area contributed by atoms with Crippen LogP contribution in [0.4, 0.5) is 0 Å². The SMILES string of the molecule is CC(NCC(=O)OCc1ccccc1)c1nnc[nH]1. The van der Waals surface area contributed by atoms with Crippen LogP contribution in [0.15, 0.2) is 36.7 Å². The molecule has 0 saturated heterocycles. The van der Waals surface area contributed by atoms with E-state index in [4.69, 9.17) is 4.74 Å². The first-order valence-electron chi connectivity index (χ1n) is 6.04. The molecule has 6 heteroatoms. The van der Waals surface area contributed by atoms with E-state index in [1.165, 1.54) is 6.33 Å². The molecule has 6 nitrogen and oxygen atoms in total. The zero-order valence-corrected chi connectivity index (χ0v) is 10.7. The first-order valence-corrected chi connectivity index (χ1v) is 6.04. The summed E-state index contributed by atoms with van der Waals surface area (Å²) in [6.07, 6.45) is 1.50. The number of nitrogens with zero attached hydrogens (tertiary/aromatic N) is 2. The Kier molecular flexibility index (Phi) is 4.63. The van der Waals surface area contributed by atoms with Crippen LogP contribution in [0.25, 0.3) is 0 Å². The summed E-state index contributed by atoms with van der Waals surface area (Å²) in [6.45, 7) is 2.32. The molecule has 1 heterocycles. The van der Waals surface area contributed by atoms with E-state index >= 15 is 0 Å². The third-order valence-corrected chi connectivity index (χ3v) is 2.64. The van der Waals surface area contributed by atoms with E-state index in [9.17, 15) is 4.79 Å². The molecule has 2 rings (SSSR count). The monoisotopic (exact) mass is 260 g/mol. The van der Waals surface area contributed by atoms with Gasteiger partial charge in [0, 0.05) is 0 Å². The van der Waals surface area contributed by atoms with Crippen molar-refractivity contribution < 1.29 is 9.53 Å². The van der Waals surface area contributed by atoms with Crippen molar-refractivity contribution in [3.63, 3.8) is 0 Å². The normalized spacial score (nSPS) is 12.1. The molecule has 1 aromatic carbocycles. The second-order valence-electron chi connectivity index (χ2n) is 4.12. The number of hydrogen-bond acceptors (Lipinski definition) is 5. The number of hydrogen-bond donors (Lipinski definition) is 2. The second-order valence-corrected chi connectivity index (χ2v) is 4.12. The minimum Gasteiger partial charge on any atom is -0.460 e. The van der Waals surface area contributed by atoms with Gasteiger partial charge in [0.15, 0.2) is 0 Å². The maximum Gasteiger partial charge on any atom is 0.320 e. The quantitative estimate of drug-likeness (QED) is 0.763. The molecule has 0 amide bonds. The zero-order chi connectivity index (χ0) is 13.5. The van der Waals surface area contributed by atoms with Gasteiger partial charge in [-0.15, -0.1) is 10.2 Å². The summed E-state index contributed by atoms with van der Waals surface area (Å²) in [5, 5.41) is 10.6. The van der Waals surface area contributed by atoms with Crippen molar-refractivity contribution in [3.05, 3.63) is 48.0 Å². The van der Waals surface area contributed by atoms with E-state index in [-0.39, 0.29) is 25.2 Å². The molecule has 19 heavy (non-hydrogen) atoms. The smallest absolute Gasteiger partial charge is 0.320 e.